The number of hydrogen-bond acceptors (Lipinski definition) is 5. The predicted octanol–water partition coefficient (Wildman–Crippen LogP) is 1.24. The van der Waals surface area contributed by atoms with Crippen LogP contribution in [0.25, 0.3) is 0 Å². The van der Waals surface area contributed by atoms with E-state index in [1.807, 2.05) is 6.07 Å². The van der Waals surface area contributed by atoms with Gasteiger partial charge in [0.05, 0.1) is 17.9 Å². The summed E-state index contributed by atoms with van der Waals surface area (Å²) in [5.74, 6) is 0.499. The van der Waals surface area contributed by atoms with E-state index in [2.05, 4.69) is 15.2 Å². The minimum absolute atomic E-state index is 0.0515. The Morgan fingerprint density at radius 2 is 2.14 bits per heavy atom. The second-order valence-electron chi connectivity index (χ2n) is 6.39. The Morgan fingerprint density at radius 1 is 1.27 bits per heavy atom. The van der Waals surface area contributed by atoms with Crippen molar-refractivity contribution in [2.75, 3.05) is 13.1 Å². The summed E-state index contributed by atoms with van der Waals surface area (Å²) in [5, 5.41) is 8.52. The third-order valence-corrected chi connectivity index (χ3v) is 4.61. The van der Waals surface area contributed by atoms with Gasteiger partial charge in [-0.15, -0.1) is 0 Å². The van der Waals surface area contributed by atoms with Gasteiger partial charge in [0, 0.05) is 37.7 Å². The largest absolute Gasteiger partial charge is 0.364 e. The Balaban J connectivity index is 1.37. The molecule has 2 aromatic rings. The maximum absolute atomic E-state index is 12.2. The lowest BCUT2D eigenvalue weighted by molar-refractivity contribution is 0.0741. The second kappa shape index (κ2) is 5.68. The SMILES string of the molecule is O=c1cc2c(nn1CC1CN(Cc3ccon3)C1)CCCC2. The Labute approximate surface area is 128 Å². The van der Waals surface area contributed by atoms with E-state index in [0.717, 1.165) is 56.0 Å². The van der Waals surface area contributed by atoms with E-state index in [1.54, 1.807) is 17.0 Å². The van der Waals surface area contributed by atoms with Gasteiger partial charge in [0.2, 0.25) is 0 Å². The van der Waals surface area contributed by atoms with Gasteiger partial charge in [0.15, 0.2) is 0 Å². The number of nitrogens with zero attached hydrogens (tertiary/aromatic N) is 4. The lowest BCUT2D eigenvalue weighted by Gasteiger charge is -2.38. The summed E-state index contributed by atoms with van der Waals surface area (Å²) >= 11 is 0. The van der Waals surface area contributed by atoms with Crippen molar-refractivity contribution in [3.05, 3.63) is 45.7 Å². The van der Waals surface area contributed by atoms with E-state index >= 15 is 0 Å². The molecule has 0 N–H and O–H groups in total. The third-order valence-electron chi connectivity index (χ3n) is 4.61. The fourth-order valence-electron chi connectivity index (χ4n) is 3.45. The topological polar surface area (TPSA) is 64.2 Å². The molecule has 1 saturated heterocycles. The molecule has 116 valence electrons. The molecule has 0 spiro atoms. The van der Waals surface area contributed by atoms with Gasteiger partial charge in [-0.25, -0.2) is 4.68 Å². The maximum Gasteiger partial charge on any atom is 0.267 e. The molecule has 0 saturated carbocycles. The normalized spacial score (nSPS) is 18.9. The lowest BCUT2D eigenvalue weighted by Crippen LogP contribution is -2.49. The molecule has 1 aliphatic heterocycles. The number of likely N-dealkylation sites (tertiary alicyclic amines) is 1. The van der Waals surface area contributed by atoms with E-state index in [9.17, 15) is 4.79 Å². The summed E-state index contributed by atoms with van der Waals surface area (Å²) in [4.78, 5) is 14.5. The van der Waals surface area contributed by atoms with Crippen LogP contribution in [-0.4, -0.2) is 32.9 Å². The van der Waals surface area contributed by atoms with Gasteiger partial charge in [0.1, 0.15) is 6.26 Å². The fraction of sp³-hybridized carbons (Fsp3) is 0.562. The molecule has 6 heteroatoms. The summed E-state index contributed by atoms with van der Waals surface area (Å²) in [6, 6.07) is 3.69. The van der Waals surface area contributed by atoms with Crippen molar-refractivity contribution in [2.45, 2.75) is 38.8 Å². The van der Waals surface area contributed by atoms with Crippen LogP contribution in [0.4, 0.5) is 0 Å². The molecule has 0 amide bonds. The minimum Gasteiger partial charge on any atom is -0.364 e. The summed E-state index contributed by atoms with van der Waals surface area (Å²) < 4.78 is 6.51. The number of fused-ring (bicyclic) bond motifs is 1. The van der Waals surface area contributed by atoms with Crippen LogP contribution in [0.1, 0.15) is 29.8 Å². The van der Waals surface area contributed by atoms with Crippen molar-refractivity contribution in [1.29, 1.82) is 0 Å². The number of aromatic nitrogens is 3. The zero-order valence-electron chi connectivity index (χ0n) is 12.6. The van der Waals surface area contributed by atoms with Crippen LogP contribution in [0.5, 0.6) is 0 Å². The molecular formula is C16H20N4O2. The van der Waals surface area contributed by atoms with E-state index in [0.29, 0.717) is 5.92 Å². The molecule has 2 aliphatic rings. The van der Waals surface area contributed by atoms with Gasteiger partial charge in [-0.1, -0.05) is 5.16 Å². The first kappa shape index (κ1) is 13.7. The summed E-state index contributed by atoms with van der Waals surface area (Å²) in [7, 11) is 0. The zero-order chi connectivity index (χ0) is 14.9. The highest BCUT2D eigenvalue weighted by atomic mass is 16.5. The van der Waals surface area contributed by atoms with E-state index in [4.69, 9.17) is 4.52 Å². The highest BCUT2D eigenvalue weighted by Gasteiger charge is 2.28. The second-order valence-corrected chi connectivity index (χ2v) is 6.39. The Bertz CT molecular complexity index is 701. The standard InChI is InChI=1S/C16H20N4O2/c21-16-7-13-3-1-2-4-15(13)17-20(16)10-12-8-19(9-12)11-14-5-6-22-18-14/h5-7,12H,1-4,8-11H2. The molecule has 6 nitrogen and oxygen atoms in total. The van der Waals surface area contributed by atoms with Crippen molar-refractivity contribution in [3.63, 3.8) is 0 Å². The van der Waals surface area contributed by atoms with Gasteiger partial charge >= 0.3 is 0 Å². The molecular weight excluding hydrogens is 280 g/mol. The molecule has 2 aromatic heterocycles. The minimum atomic E-state index is 0.0515. The molecule has 1 aliphatic carbocycles. The van der Waals surface area contributed by atoms with Gasteiger partial charge in [-0.2, -0.15) is 5.10 Å². The van der Waals surface area contributed by atoms with E-state index in [1.165, 1.54) is 12.8 Å². The van der Waals surface area contributed by atoms with Crippen LogP contribution in [0, 0.1) is 5.92 Å². The first-order valence-electron chi connectivity index (χ1n) is 7.99. The van der Waals surface area contributed by atoms with Gasteiger partial charge < -0.3 is 4.52 Å². The van der Waals surface area contributed by atoms with Crippen molar-refractivity contribution < 1.29 is 4.52 Å². The number of hydrogen-bond donors (Lipinski definition) is 0. The molecule has 0 bridgehead atoms. The molecule has 4 rings (SSSR count). The number of aryl methyl sites for hydroxylation is 2. The third kappa shape index (κ3) is 2.70. The Hall–Kier alpha value is -1.95. The predicted molar refractivity (Wildman–Crippen MR) is 80.4 cm³/mol. The molecule has 1 fully saturated rings. The van der Waals surface area contributed by atoms with Crippen LogP contribution in [-0.2, 0) is 25.9 Å². The Morgan fingerprint density at radius 3 is 2.95 bits per heavy atom. The average Bonchev–Trinajstić information content (AvgIpc) is 2.98. The van der Waals surface area contributed by atoms with Gasteiger partial charge in [-0.3, -0.25) is 9.69 Å². The summed E-state index contributed by atoms with van der Waals surface area (Å²) in [6.07, 6.45) is 5.99. The number of rotatable bonds is 4. The van der Waals surface area contributed by atoms with E-state index < -0.39 is 0 Å². The summed E-state index contributed by atoms with van der Waals surface area (Å²) in [5.41, 5.74) is 3.30. The van der Waals surface area contributed by atoms with Gasteiger partial charge in [-0.05, 0) is 31.2 Å². The van der Waals surface area contributed by atoms with Crippen LogP contribution >= 0.6 is 0 Å². The van der Waals surface area contributed by atoms with Crippen LogP contribution in [0.3, 0.4) is 0 Å². The summed E-state index contributed by atoms with van der Waals surface area (Å²) in [6.45, 7) is 3.51. The lowest BCUT2D eigenvalue weighted by atomic mass is 9.96. The molecule has 0 atom stereocenters. The smallest absolute Gasteiger partial charge is 0.267 e. The van der Waals surface area contributed by atoms with Gasteiger partial charge in [0.25, 0.3) is 5.56 Å². The zero-order valence-corrected chi connectivity index (χ0v) is 12.6. The van der Waals surface area contributed by atoms with Crippen LogP contribution in [0.15, 0.2) is 27.7 Å². The Kier molecular flexibility index (Phi) is 3.54. The monoisotopic (exact) mass is 300 g/mol. The molecule has 0 aromatic carbocycles. The average molecular weight is 300 g/mol. The van der Waals surface area contributed by atoms with Crippen LogP contribution < -0.4 is 5.56 Å². The van der Waals surface area contributed by atoms with Crippen molar-refractivity contribution >= 4 is 0 Å². The quantitative estimate of drug-likeness (QED) is 0.850. The molecule has 0 unspecified atom stereocenters. The molecule has 3 heterocycles. The van der Waals surface area contributed by atoms with Crippen molar-refractivity contribution in [1.82, 2.24) is 19.8 Å². The first-order valence-corrected chi connectivity index (χ1v) is 7.99. The fourth-order valence-corrected chi connectivity index (χ4v) is 3.45. The van der Waals surface area contributed by atoms with Crippen molar-refractivity contribution in [3.8, 4) is 0 Å². The van der Waals surface area contributed by atoms with Crippen molar-refractivity contribution in [2.24, 2.45) is 5.92 Å². The highest BCUT2D eigenvalue weighted by molar-refractivity contribution is 5.20. The van der Waals surface area contributed by atoms with Crippen LogP contribution in [0.2, 0.25) is 0 Å². The first-order chi connectivity index (χ1) is 10.8. The molecule has 0 radical (unpaired) electrons. The maximum atomic E-state index is 12.2. The highest BCUT2D eigenvalue weighted by Crippen LogP contribution is 2.20. The van der Waals surface area contributed by atoms with E-state index in [-0.39, 0.29) is 5.56 Å². The molecule has 22 heavy (non-hydrogen) atoms.